The Balaban J connectivity index is 1.76. The van der Waals surface area contributed by atoms with E-state index in [1.807, 2.05) is 54.1 Å². The standard InChI is InChI=1S/C21H23N3O/c1-15(2)19-6-4-5-16(3)20(19)23-21(25)18-9-7-17(8-10-18)13-24-12-11-22-14-24/h4-12,14-15H,13H2,1-3H3,(H,23,25). The summed E-state index contributed by atoms with van der Waals surface area (Å²) in [4.78, 5) is 16.7. The number of nitrogens with one attached hydrogen (secondary N) is 1. The zero-order valence-electron chi connectivity index (χ0n) is 14.9. The molecule has 0 spiro atoms. The van der Waals surface area contributed by atoms with E-state index >= 15 is 0 Å². The summed E-state index contributed by atoms with van der Waals surface area (Å²) in [6.07, 6.45) is 5.47. The van der Waals surface area contributed by atoms with Crippen molar-refractivity contribution in [2.24, 2.45) is 0 Å². The molecule has 0 aliphatic rings. The predicted octanol–water partition coefficient (Wildman–Crippen LogP) is 4.62. The van der Waals surface area contributed by atoms with Gasteiger partial charge in [-0.05, 0) is 41.7 Å². The van der Waals surface area contributed by atoms with Gasteiger partial charge in [0.2, 0.25) is 0 Å². The van der Waals surface area contributed by atoms with Crippen LogP contribution in [-0.4, -0.2) is 15.5 Å². The highest BCUT2D eigenvalue weighted by Gasteiger charge is 2.13. The SMILES string of the molecule is Cc1cccc(C(C)C)c1NC(=O)c1ccc(Cn2ccnc2)cc1. The fourth-order valence-corrected chi connectivity index (χ4v) is 2.88. The Labute approximate surface area is 148 Å². The normalized spacial score (nSPS) is 10.9. The maximum absolute atomic E-state index is 12.6. The van der Waals surface area contributed by atoms with E-state index in [2.05, 4.69) is 30.2 Å². The van der Waals surface area contributed by atoms with Gasteiger partial charge in [-0.2, -0.15) is 0 Å². The van der Waals surface area contributed by atoms with E-state index in [0.29, 0.717) is 11.5 Å². The maximum atomic E-state index is 12.6. The first kappa shape index (κ1) is 17.0. The number of para-hydroxylation sites is 1. The van der Waals surface area contributed by atoms with Gasteiger partial charge < -0.3 is 9.88 Å². The Morgan fingerprint density at radius 3 is 2.56 bits per heavy atom. The number of carbonyl (C=O) groups is 1. The van der Waals surface area contributed by atoms with Gasteiger partial charge in [-0.25, -0.2) is 4.98 Å². The van der Waals surface area contributed by atoms with Gasteiger partial charge in [0.25, 0.3) is 5.91 Å². The van der Waals surface area contributed by atoms with Crippen molar-refractivity contribution >= 4 is 11.6 Å². The Kier molecular flexibility index (Phi) is 4.98. The Bertz CT molecular complexity index is 849. The molecule has 3 rings (SSSR count). The van der Waals surface area contributed by atoms with E-state index in [1.165, 1.54) is 0 Å². The second-order valence-electron chi connectivity index (χ2n) is 6.58. The topological polar surface area (TPSA) is 46.9 Å². The van der Waals surface area contributed by atoms with E-state index in [9.17, 15) is 4.79 Å². The highest BCUT2D eigenvalue weighted by Crippen LogP contribution is 2.27. The molecule has 1 aromatic heterocycles. The first-order chi connectivity index (χ1) is 12.0. The lowest BCUT2D eigenvalue weighted by Gasteiger charge is -2.16. The molecule has 0 unspecified atom stereocenters. The van der Waals surface area contributed by atoms with Gasteiger partial charge >= 0.3 is 0 Å². The molecule has 1 amide bonds. The Morgan fingerprint density at radius 1 is 1.16 bits per heavy atom. The summed E-state index contributed by atoms with van der Waals surface area (Å²) in [5, 5.41) is 3.09. The van der Waals surface area contributed by atoms with Crippen LogP contribution in [0, 0.1) is 6.92 Å². The lowest BCUT2D eigenvalue weighted by Crippen LogP contribution is -2.15. The average molecular weight is 333 g/mol. The van der Waals surface area contributed by atoms with Crippen molar-refractivity contribution in [3.05, 3.63) is 83.4 Å². The summed E-state index contributed by atoms with van der Waals surface area (Å²) < 4.78 is 2.00. The molecule has 0 aliphatic carbocycles. The van der Waals surface area contributed by atoms with Crippen LogP contribution in [0.25, 0.3) is 0 Å². The summed E-state index contributed by atoms with van der Waals surface area (Å²) in [7, 11) is 0. The molecule has 0 radical (unpaired) electrons. The van der Waals surface area contributed by atoms with Gasteiger partial charge in [0.1, 0.15) is 0 Å². The van der Waals surface area contributed by atoms with Crippen LogP contribution in [0.2, 0.25) is 0 Å². The van der Waals surface area contributed by atoms with E-state index in [4.69, 9.17) is 0 Å². The van der Waals surface area contributed by atoms with Crippen LogP contribution < -0.4 is 5.32 Å². The van der Waals surface area contributed by atoms with Crippen molar-refractivity contribution in [3.8, 4) is 0 Å². The number of rotatable bonds is 5. The Hall–Kier alpha value is -2.88. The largest absolute Gasteiger partial charge is 0.333 e. The highest BCUT2D eigenvalue weighted by molar-refractivity contribution is 6.05. The van der Waals surface area contributed by atoms with Crippen molar-refractivity contribution in [1.82, 2.24) is 9.55 Å². The zero-order chi connectivity index (χ0) is 17.8. The lowest BCUT2D eigenvalue weighted by molar-refractivity contribution is 0.102. The number of hydrogen-bond acceptors (Lipinski definition) is 2. The third-order valence-electron chi connectivity index (χ3n) is 4.31. The number of nitrogens with zero attached hydrogens (tertiary/aromatic N) is 2. The van der Waals surface area contributed by atoms with Gasteiger partial charge in [-0.15, -0.1) is 0 Å². The van der Waals surface area contributed by atoms with Crippen molar-refractivity contribution in [3.63, 3.8) is 0 Å². The summed E-state index contributed by atoms with van der Waals surface area (Å²) in [5.41, 5.74) is 4.95. The van der Waals surface area contributed by atoms with Crippen LogP contribution in [0.5, 0.6) is 0 Å². The highest BCUT2D eigenvalue weighted by atomic mass is 16.1. The summed E-state index contributed by atoms with van der Waals surface area (Å²) in [6.45, 7) is 7.04. The smallest absolute Gasteiger partial charge is 0.255 e. The van der Waals surface area contributed by atoms with Crippen molar-refractivity contribution in [1.29, 1.82) is 0 Å². The molecule has 1 N–H and O–H groups in total. The molecule has 3 aromatic rings. The molecule has 25 heavy (non-hydrogen) atoms. The third kappa shape index (κ3) is 3.97. The number of anilines is 1. The van der Waals surface area contributed by atoms with Gasteiger partial charge in [0.05, 0.1) is 6.33 Å². The van der Waals surface area contributed by atoms with Crippen molar-refractivity contribution < 1.29 is 4.79 Å². The van der Waals surface area contributed by atoms with Crippen LogP contribution >= 0.6 is 0 Å². The molecule has 128 valence electrons. The van der Waals surface area contributed by atoms with E-state index in [1.54, 1.807) is 12.5 Å². The summed E-state index contributed by atoms with van der Waals surface area (Å²) in [5.74, 6) is 0.276. The van der Waals surface area contributed by atoms with Gasteiger partial charge in [-0.3, -0.25) is 4.79 Å². The van der Waals surface area contributed by atoms with Crippen LogP contribution in [0.15, 0.2) is 61.2 Å². The monoisotopic (exact) mass is 333 g/mol. The minimum Gasteiger partial charge on any atom is -0.333 e. The first-order valence-corrected chi connectivity index (χ1v) is 8.50. The van der Waals surface area contributed by atoms with Gasteiger partial charge in [0.15, 0.2) is 0 Å². The third-order valence-corrected chi connectivity index (χ3v) is 4.31. The second kappa shape index (κ2) is 7.34. The quantitative estimate of drug-likeness (QED) is 0.741. The zero-order valence-corrected chi connectivity index (χ0v) is 14.9. The number of carbonyl (C=O) groups excluding carboxylic acids is 1. The molecule has 0 bridgehead atoms. The number of benzene rings is 2. The van der Waals surface area contributed by atoms with Crippen molar-refractivity contribution in [2.45, 2.75) is 33.2 Å². The van der Waals surface area contributed by atoms with E-state index in [0.717, 1.165) is 28.9 Å². The van der Waals surface area contributed by atoms with E-state index in [-0.39, 0.29) is 5.91 Å². The molecule has 2 aromatic carbocycles. The number of aromatic nitrogens is 2. The molecular formula is C21H23N3O. The van der Waals surface area contributed by atoms with Gasteiger partial charge in [0, 0.05) is 30.2 Å². The van der Waals surface area contributed by atoms with Gasteiger partial charge in [-0.1, -0.05) is 44.2 Å². The van der Waals surface area contributed by atoms with E-state index < -0.39 is 0 Å². The van der Waals surface area contributed by atoms with Crippen LogP contribution in [0.3, 0.4) is 0 Å². The number of imidazole rings is 1. The minimum absolute atomic E-state index is 0.0784. The molecule has 0 aliphatic heterocycles. The lowest BCUT2D eigenvalue weighted by atomic mass is 9.98. The molecule has 0 atom stereocenters. The Morgan fingerprint density at radius 2 is 1.92 bits per heavy atom. The number of aryl methyl sites for hydroxylation is 1. The van der Waals surface area contributed by atoms with Crippen molar-refractivity contribution in [2.75, 3.05) is 5.32 Å². The fraction of sp³-hybridized carbons (Fsp3) is 0.238. The van der Waals surface area contributed by atoms with Crippen LogP contribution in [-0.2, 0) is 6.54 Å². The second-order valence-corrected chi connectivity index (χ2v) is 6.58. The fourth-order valence-electron chi connectivity index (χ4n) is 2.88. The first-order valence-electron chi connectivity index (χ1n) is 8.50. The van der Waals surface area contributed by atoms with Crippen LogP contribution in [0.4, 0.5) is 5.69 Å². The molecular weight excluding hydrogens is 310 g/mol. The van der Waals surface area contributed by atoms with Crippen LogP contribution in [0.1, 0.15) is 46.8 Å². The summed E-state index contributed by atoms with van der Waals surface area (Å²) in [6, 6.07) is 13.8. The number of amides is 1. The molecule has 4 nitrogen and oxygen atoms in total. The number of hydrogen-bond donors (Lipinski definition) is 1. The minimum atomic E-state index is -0.0784. The molecule has 0 fully saturated rings. The molecule has 1 heterocycles. The predicted molar refractivity (Wildman–Crippen MR) is 101 cm³/mol. The molecule has 4 heteroatoms. The average Bonchev–Trinajstić information content (AvgIpc) is 3.10. The summed E-state index contributed by atoms with van der Waals surface area (Å²) >= 11 is 0. The molecule has 0 saturated carbocycles. The molecule has 0 saturated heterocycles. The maximum Gasteiger partial charge on any atom is 0.255 e.